The number of carbonyl (C=O) groups is 1. The van der Waals surface area contributed by atoms with Crippen molar-refractivity contribution >= 4 is 17.7 Å². The van der Waals surface area contributed by atoms with Crippen molar-refractivity contribution in [3.05, 3.63) is 48.3 Å². The fourth-order valence-electron chi connectivity index (χ4n) is 2.68. The van der Waals surface area contributed by atoms with Gasteiger partial charge in [-0.1, -0.05) is 18.2 Å². The Balaban J connectivity index is 1.56. The van der Waals surface area contributed by atoms with Gasteiger partial charge in [0.15, 0.2) is 0 Å². The van der Waals surface area contributed by atoms with Crippen LogP contribution in [0.4, 0.5) is 5.69 Å². The Morgan fingerprint density at radius 1 is 1.50 bits per heavy atom. The predicted molar refractivity (Wildman–Crippen MR) is 91.9 cm³/mol. The van der Waals surface area contributed by atoms with E-state index in [1.54, 1.807) is 24.1 Å². The number of nitrogens with one attached hydrogen (secondary N) is 1. The van der Waals surface area contributed by atoms with Gasteiger partial charge in [-0.2, -0.15) is 5.10 Å². The molecule has 0 radical (unpaired) electrons. The lowest BCUT2D eigenvalue weighted by atomic mass is 10.2. The monoisotopic (exact) mass is 327 g/mol. The highest BCUT2D eigenvalue weighted by molar-refractivity contribution is 6.01. The molecule has 1 fully saturated rings. The Hall–Kier alpha value is -2.60. The lowest BCUT2D eigenvalue weighted by molar-refractivity contribution is -0.111. The number of aromatic nitrogens is 2. The van der Waals surface area contributed by atoms with Crippen LogP contribution in [0.5, 0.6) is 5.75 Å². The number of ether oxygens (including phenoxy) is 2. The smallest absolute Gasteiger partial charge is 0.248 e. The topological polar surface area (TPSA) is 65.4 Å². The van der Waals surface area contributed by atoms with Gasteiger partial charge < -0.3 is 14.8 Å². The van der Waals surface area contributed by atoms with Crippen LogP contribution in [0, 0.1) is 0 Å². The first-order valence-electron chi connectivity index (χ1n) is 8.01. The highest BCUT2D eigenvalue weighted by atomic mass is 16.5. The first-order chi connectivity index (χ1) is 11.7. The summed E-state index contributed by atoms with van der Waals surface area (Å²) in [5.41, 5.74) is 1.52. The van der Waals surface area contributed by atoms with Gasteiger partial charge in [-0.05, 0) is 25.0 Å². The molecule has 1 saturated heterocycles. The second kappa shape index (κ2) is 7.79. The van der Waals surface area contributed by atoms with Crippen molar-refractivity contribution < 1.29 is 14.3 Å². The zero-order chi connectivity index (χ0) is 16.8. The fraction of sp³-hybridized carbons (Fsp3) is 0.333. The summed E-state index contributed by atoms with van der Waals surface area (Å²) in [6.45, 7) is 1.54. The lowest BCUT2D eigenvalue weighted by Gasteiger charge is -2.08. The van der Waals surface area contributed by atoms with E-state index in [2.05, 4.69) is 10.4 Å². The minimum absolute atomic E-state index is 0.211. The first kappa shape index (κ1) is 16.3. The highest BCUT2D eigenvalue weighted by Gasteiger charge is 2.16. The highest BCUT2D eigenvalue weighted by Crippen LogP contribution is 2.19. The van der Waals surface area contributed by atoms with Crippen LogP contribution in [0.1, 0.15) is 18.4 Å². The number of nitrogens with zero attached hydrogens (tertiary/aromatic N) is 2. The molecule has 126 valence electrons. The van der Waals surface area contributed by atoms with Crippen molar-refractivity contribution in [2.24, 2.45) is 0 Å². The SMILES string of the molecule is COc1ccccc1/C=C/C(=O)Nc1cnn(C[C@H]2CCCO2)c1. The fourth-order valence-corrected chi connectivity index (χ4v) is 2.68. The second-order valence-electron chi connectivity index (χ2n) is 5.65. The Morgan fingerprint density at radius 2 is 2.38 bits per heavy atom. The molecular weight excluding hydrogens is 306 g/mol. The maximum absolute atomic E-state index is 12.0. The van der Waals surface area contributed by atoms with Crippen LogP contribution in [-0.2, 0) is 16.1 Å². The minimum Gasteiger partial charge on any atom is -0.496 e. The summed E-state index contributed by atoms with van der Waals surface area (Å²) in [5, 5.41) is 7.06. The van der Waals surface area contributed by atoms with Crippen LogP contribution in [0.3, 0.4) is 0 Å². The van der Waals surface area contributed by atoms with Crippen molar-refractivity contribution in [1.29, 1.82) is 0 Å². The molecule has 0 aliphatic carbocycles. The van der Waals surface area contributed by atoms with Gasteiger partial charge in [-0.3, -0.25) is 9.48 Å². The number of benzene rings is 1. The third-order valence-electron chi connectivity index (χ3n) is 3.87. The molecule has 0 spiro atoms. The van der Waals surface area contributed by atoms with Crippen molar-refractivity contribution in [2.45, 2.75) is 25.5 Å². The molecule has 3 rings (SSSR count). The molecule has 6 heteroatoms. The summed E-state index contributed by atoms with van der Waals surface area (Å²) >= 11 is 0. The maximum atomic E-state index is 12.0. The van der Waals surface area contributed by atoms with Crippen LogP contribution in [0.25, 0.3) is 6.08 Å². The quantitative estimate of drug-likeness (QED) is 0.829. The zero-order valence-electron chi connectivity index (χ0n) is 13.6. The van der Waals surface area contributed by atoms with Crippen molar-refractivity contribution in [1.82, 2.24) is 9.78 Å². The Bertz CT molecular complexity index is 718. The van der Waals surface area contributed by atoms with E-state index in [0.717, 1.165) is 30.8 Å². The number of anilines is 1. The number of hydrogen-bond donors (Lipinski definition) is 1. The van der Waals surface area contributed by atoms with Gasteiger partial charge in [0, 0.05) is 24.4 Å². The van der Waals surface area contributed by atoms with Gasteiger partial charge in [0.05, 0.1) is 31.6 Å². The van der Waals surface area contributed by atoms with Crippen LogP contribution in [0.2, 0.25) is 0 Å². The third kappa shape index (κ3) is 4.23. The molecule has 1 amide bonds. The summed E-state index contributed by atoms with van der Waals surface area (Å²) in [7, 11) is 1.61. The molecule has 0 unspecified atom stereocenters. The Labute approximate surface area is 141 Å². The number of carbonyl (C=O) groups excluding carboxylic acids is 1. The Morgan fingerprint density at radius 3 is 3.17 bits per heavy atom. The summed E-state index contributed by atoms with van der Waals surface area (Å²) in [6, 6.07) is 7.53. The number of methoxy groups -OCH3 is 1. The summed E-state index contributed by atoms with van der Waals surface area (Å²) < 4.78 is 12.6. The molecule has 2 aromatic rings. The summed E-state index contributed by atoms with van der Waals surface area (Å²) in [6.07, 6.45) is 9.05. The lowest BCUT2D eigenvalue weighted by Crippen LogP contribution is -2.15. The van der Waals surface area contributed by atoms with E-state index in [1.807, 2.05) is 30.5 Å². The van der Waals surface area contributed by atoms with Crippen molar-refractivity contribution in [2.75, 3.05) is 19.0 Å². The molecule has 1 aliphatic rings. The molecule has 1 aromatic carbocycles. The van der Waals surface area contributed by atoms with Gasteiger partial charge in [-0.15, -0.1) is 0 Å². The van der Waals surface area contributed by atoms with Crippen LogP contribution >= 0.6 is 0 Å². The molecule has 1 aliphatic heterocycles. The number of hydrogen-bond acceptors (Lipinski definition) is 4. The van der Waals surface area contributed by atoms with E-state index >= 15 is 0 Å². The molecule has 0 bridgehead atoms. The molecule has 1 aromatic heterocycles. The molecule has 1 atom stereocenters. The maximum Gasteiger partial charge on any atom is 0.248 e. The van der Waals surface area contributed by atoms with Crippen molar-refractivity contribution in [3.63, 3.8) is 0 Å². The third-order valence-corrected chi connectivity index (χ3v) is 3.87. The van der Waals surface area contributed by atoms with Gasteiger partial charge in [0.2, 0.25) is 5.91 Å². The number of amides is 1. The van der Waals surface area contributed by atoms with Gasteiger partial charge in [0.1, 0.15) is 5.75 Å². The number of rotatable bonds is 6. The molecule has 24 heavy (non-hydrogen) atoms. The predicted octanol–water partition coefficient (Wildman–Crippen LogP) is 2.72. The average molecular weight is 327 g/mol. The zero-order valence-corrected chi connectivity index (χ0v) is 13.6. The van der Waals surface area contributed by atoms with E-state index in [9.17, 15) is 4.79 Å². The summed E-state index contributed by atoms with van der Waals surface area (Å²) in [4.78, 5) is 12.0. The van der Waals surface area contributed by atoms with Gasteiger partial charge >= 0.3 is 0 Å². The van der Waals surface area contributed by atoms with E-state index in [-0.39, 0.29) is 12.0 Å². The molecule has 6 nitrogen and oxygen atoms in total. The largest absolute Gasteiger partial charge is 0.496 e. The van der Waals surface area contributed by atoms with Gasteiger partial charge in [0.25, 0.3) is 0 Å². The average Bonchev–Trinajstić information content (AvgIpc) is 3.26. The van der Waals surface area contributed by atoms with Gasteiger partial charge in [-0.25, -0.2) is 0 Å². The van der Waals surface area contributed by atoms with E-state index in [0.29, 0.717) is 12.2 Å². The van der Waals surface area contributed by atoms with E-state index in [1.165, 1.54) is 6.08 Å². The summed E-state index contributed by atoms with van der Waals surface area (Å²) in [5.74, 6) is 0.517. The van der Waals surface area contributed by atoms with E-state index in [4.69, 9.17) is 9.47 Å². The number of para-hydroxylation sites is 1. The molecular formula is C18H21N3O3. The molecule has 1 N–H and O–H groups in total. The minimum atomic E-state index is -0.211. The normalized spacial score (nSPS) is 17.3. The molecule has 2 heterocycles. The Kier molecular flexibility index (Phi) is 5.28. The molecule has 0 saturated carbocycles. The standard InChI is InChI=1S/C18H21N3O3/c1-23-17-7-3-2-5-14(17)8-9-18(22)20-15-11-19-21(12-15)13-16-6-4-10-24-16/h2-3,5,7-9,11-12,16H,4,6,10,13H2,1H3,(H,20,22)/b9-8+/t16-/m1/s1. The van der Waals surface area contributed by atoms with Crippen LogP contribution in [0.15, 0.2) is 42.7 Å². The van der Waals surface area contributed by atoms with Crippen LogP contribution < -0.4 is 10.1 Å². The second-order valence-corrected chi connectivity index (χ2v) is 5.65. The van der Waals surface area contributed by atoms with E-state index < -0.39 is 0 Å². The first-order valence-corrected chi connectivity index (χ1v) is 8.01. The van der Waals surface area contributed by atoms with Crippen LogP contribution in [-0.4, -0.2) is 35.5 Å². The van der Waals surface area contributed by atoms with Crippen molar-refractivity contribution in [3.8, 4) is 5.75 Å².